The van der Waals surface area contributed by atoms with Gasteiger partial charge in [0.25, 0.3) is 0 Å². The van der Waals surface area contributed by atoms with Crippen LogP contribution in [0.2, 0.25) is 0 Å². The van der Waals surface area contributed by atoms with Gasteiger partial charge < -0.3 is 10.4 Å². The highest BCUT2D eigenvalue weighted by atomic mass is 35.5. The number of hydrogen-bond acceptors (Lipinski definition) is 2. The van der Waals surface area contributed by atoms with E-state index in [4.69, 9.17) is 11.6 Å². The lowest BCUT2D eigenvalue weighted by Crippen LogP contribution is -2.12. The fraction of sp³-hybridized carbons (Fsp3) is 0.182. The molecule has 0 saturated heterocycles. The molecule has 15 heavy (non-hydrogen) atoms. The van der Waals surface area contributed by atoms with Gasteiger partial charge in [0.15, 0.2) is 0 Å². The smallest absolute Gasteiger partial charge is 0.239 e. The molecule has 1 rings (SSSR count). The second-order valence-corrected chi connectivity index (χ2v) is 3.23. The highest BCUT2D eigenvalue weighted by molar-refractivity contribution is 6.29. The highest BCUT2D eigenvalue weighted by Crippen LogP contribution is 2.24. The first-order chi connectivity index (χ1) is 7.17. The van der Waals surface area contributed by atoms with Crippen LogP contribution in [0, 0.1) is 0 Å². The number of halogens is 1. The van der Waals surface area contributed by atoms with Crippen molar-refractivity contribution in [3.05, 3.63) is 29.8 Å². The molecule has 4 heteroatoms. The summed E-state index contributed by atoms with van der Waals surface area (Å²) in [5.74, 6) is -0.439. The van der Waals surface area contributed by atoms with Crippen LogP contribution in [0.3, 0.4) is 0 Å². The number of alkyl halides is 1. The minimum Gasteiger partial charge on any atom is -0.506 e. The first-order valence-electron chi connectivity index (χ1n) is 4.49. The van der Waals surface area contributed by atoms with E-state index in [1.54, 1.807) is 18.2 Å². The highest BCUT2D eigenvalue weighted by Gasteiger charge is 2.04. The van der Waals surface area contributed by atoms with Gasteiger partial charge in [-0.3, -0.25) is 4.79 Å². The van der Waals surface area contributed by atoms with Crippen molar-refractivity contribution in [3.63, 3.8) is 0 Å². The summed E-state index contributed by atoms with van der Waals surface area (Å²) in [4.78, 5) is 11.0. The number of phenolic OH excluding ortho intramolecular Hbond substituents is 1. The lowest BCUT2D eigenvalue weighted by atomic mass is 10.2. The summed E-state index contributed by atoms with van der Waals surface area (Å²) in [7, 11) is 0. The van der Waals surface area contributed by atoms with Crippen LogP contribution in [0.1, 0.15) is 12.5 Å². The molecule has 0 radical (unpaired) electrons. The number of aromatic hydroxyl groups is 1. The molecule has 0 aromatic heterocycles. The molecule has 0 atom stereocenters. The van der Waals surface area contributed by atoms with E-state index in [-0.39, 0.29) is 17.5 Å². The summed E-state index contributed by atoms with van der Waals surface area (Å²) in [5.41, 5.74) is 1.24. The molecule has 1 aromatic rings. The van der Waals surface area contributed by atoms with E-state index in [9.17, 15) is 9.90 Å². The molecule has 80 valence electrons. The van der Waals surface area contributed by atoms with Gasteiger partial charge in [-0.2, -0.15) is 0 Å². The number of allylic oxidation sites excluding steroid dienone is 1. The normalized spacial score (nSPS) is 10.5. The number of carbonyl (C=O) groups is 1. The summed E-state index contributed by atoms with van der Waals surface area (Å²) >= 11 is 5.33. The molecule has 0 unspecified atom stereocenters. The first kappa shape index (κ1) is 11.6. The standard InChI is InChI=1S/C11H12ClNO2/c1-2-3-8-4-5-9(10(14)6-8)13-11(15)7-12/h2-6,14H,7H2,1H3,(H,13,15)/b3-2+. The van der Waals surface area contributed by atoms with Crippen molar-refractivity contribution < 1.29 is 9.90 Å². The van der Waals surface area contributed by atoms with Crippen molar-refractivity contribution in [1.29, 1.82) is 0 Å². The molecule has 0 aliphatic rings. The lowest BCUT2D eigenvalue weighted by Gasteiger charge is -2.06. The van der Waals surface area contributed by atoms with Crippen LogP contribution in [0.4, 0.5) is 5.69 Å². The SMILES string of the molecule is C/C=C/c1ccc(NC(=O)CCl)c(O)c1. The van der Waals surface area contributed by atoms with Crippen LogP contribution in [-0.4, -0.2) is 16.9 Å². The Morgan fingerprint density at radius 2 is 2.33 bits per heavy atom. The van der Waals surface area contributed by atoms with Crippen molar-refractivity contribution in [2.45, 2.75) is 6.92 Å². The number of rotatable bonds is 3. The van der Waals surface area contributed by atoms with Gasteiger partial charge in [-0.15, -0.1) is 11.6 Å². The van der Waals surface area contributed by atoms with Gasteiger partial charge in [-0.1, -0.05) is 18.2 Å². The number of anilines is 1. The number of nitrogens with one attached hydrogen (secondary N) is 1. The Morgan fingerprint density at radius 3 is 2.87 bits per heavy atom. The molecule has 0 aliphatic carbocycles. The molecule has 0 heterocycles. The van der Waals surface area contributed by atoms with Gasteiger partial charge in [0.1, 0.15) is 11.6 Å². The molecule has 0 aliphatic heterocycles. The summed E-state index contributed by atoms with van der Waals surface area (Å²) in [6.07, 6.45) is 3.72. The number of phenols is 1. The van der Waals surface area contributed by atoms with Crippen molar-refractivity contribution in [3.8, 4) is 5.75 Å². The van der Waals surface area contributed by atoms with Gasteiger partial charge in [-0.25, -0.2) is 0 Å². The van der Waals surface area contributed by atoms with Crippen molar-refractivity contribution in [2.75, 3.05) is 11.2 Å². The third-order valence-corrected chi connectivity index (χ3v) is 2.02. The van der Waals surface area contributed by atoms with E-state index in [2.05, 4.69) is 5.32 Å². The second-order valence-electron chi connectivity index (χ2n) is 2.96. The summed E-state index contributed by atoms with van der Waals surface area (Å²) < 4.78 is 0. The first-order valence-corrected chi connectivity index (χ1v) is 5.02. The molecule has 0 spiro atoms. The van der Waals surface area contributed by atoms with E-state index in [1.807, 2.05) is 19.1 Å². The van der Waals surface area contributed by atoms with E-state index >= 15 is 0 Å². The second kappa shape index (κ2) is 5.41. The van der Waals surface area contributed by atoms with Gasteiger partial charge in [0, 0.05) is 0 Å². The van der Waals surface area contributed by atoms with Crippen LogP contribution < -0.4 is 5.32 Å². The third-order valence-electron chi connectivity index (χ3n) is 1.78. The van der Waals surface area contributed by atoms with E-state index in [0.29, 0.717) is 5.69 Å². The number of benzene rings is 1. The average Bonchev–Trinajstić information content (AvgIpc) is 2.22. The Balaban J connectivity index is 2.88. The average molecular weight is 226 g/mol. The molecule has 3 nitrogen and oxygen atoms in total. The van der Waals surface area contributed by atoms with Gasteiger partial charge in [0.2, 0.25) is 5.91 Å². The molecule has 0 saturated carbocycles. The van der Waals surface area contributed by atoms with E-state index < -0.39 is 0 Å². The summed E-state index contributed by atoms with van der Waals surface area (Å²) in [6.45, 7) is 1.89. The number of amides is 1. The zero-order chi connectivity index (χ0) is 11.3. The number of carbonyl (C=O) groups excluding carboxylic acids is 1. The van der Waals surface area contributed by atoms with Crippen molar-refractivity contribution >= 4 is 29.3 Å². The van der Waals surface area contributed by atoms with Crippen molar-refractivity contribution in [1.82, 2.24) is 0 Å². The minimum atomic E-state index is -0.342. The fourth-order valence-electron chi connectivity index (χ4n) is 1.13. The minimum absolute atomic E-state index is 0.0315. The molecule has 2 N–H and O–H groups in total. The Hall–Kier alpha value is -1.48. The Labute approximate surface area is 93.4 Å². The molecule has 1 aromatic carbocycles. The summed E-state index contributed by atoms with van der Waals surface area (Å²) in [6, 6.07) is 5.00. The molecular weight excluding hydrogens is 214 g/mol. The fourth-order valence-corrected chi connectivity index (χ4v) is 1.20. The van der Waals surface area contributed by atoms with E-state index in [1.165, 1.54) is 0 Å². The van der Waals surface area contributed by atoms with Crippen molar-refractivity contribution in [2.24, 2.45) is 0 Å². The quantitative estimate of drug-likeness (QED) is 0.614. The predicted molar refractivity (Wildman–Crippen MR) is 62.2 cm³/mol. The van der Waals surface area contributed by atoms with Crippen LogP contribution in [0.5, 0.6) is 5.75 Å². The van der Waals surface area contributed by atoms with Gasteiger partial charge in [0.05, 0.1) is 5.69 Å². The zero-order valence-corrected chi connectivity index (χ0v) is 9.08. The van der Waals surface area contributed by atoms with Gasteiger partial charge in [-0.05, 0) is 24.6 Å². The monoisotopic (exact) mass is 225 g/mol. The molecule has 0 fully saturated rings. The van der Waals surface area contributed by atoms with Crippen LogP contribution in [-0.2, 0) is 4.79 Å². The van der Waals surface area contributed by atoms with E-state index in [0.717, 1.165) is 5.56 Å². The van der Waals surface area contributed by atoms with Crippen LogP contribution in [0.15, 0.2) is 24.3 Å². The Morgan fingerprint density at radius 1 is 1.60 bits per heavy atom. The van der Waals surface area contributed by atoms with Crippen LogP contribution >= 0.6 is 11.6 Å². The maximum Gasteiger partial charge on any atom is 0.239 e. The Kier molecular flexibility index (Phi) is 4.18. The molecule has 1 amide bonds. The lowest BCUT2D eigenvalue weighted by molar-refractivity contribution is -0.113. The zero-order valence-electron chi connectivity index (χ0n) is 8.33. The third kappa shape index (κ3) is 3.29. The topological polar surface area (TPSA) is 49.3 Å². The van der Waals surface area contributed by atoms with Crippen LogP contribution in [0.25, 0.3) is 6.08 Å². The maximum atomic E-state index is 11.0. The number of hydrogen-bond donors (Lipinski definition) is 2. The molecular formula is C11H12ClNO2. The van der Waals surface area contributed by atoms with Gasteiger partial charge >= 0.3 is 0 Å². The molecule has 0 bridgehead atoms. The maximum absolute atomic E-state index is 11.0. The largest absolute Gasteiger partial charge is 0.506 e. The predicted octanol–water partition coefficient (Wildman–Crippen LogP) is 2.60. The Bertz CT molecular complexity index is 388. The summed E-state index contributed by atoms with van der Waals surface area (Å²) in [5, 5.41) is 12.1.